The summed E-state index contributed by atoms with van der Waals surface area (Å²) in [6.45, 7) is 7.35. The zero-order valence-corrected chi connectivity index (χ0v) is 24.1. The van der Waals surface area contributed by atoms with E-state index in [9.17, 15) is 9.59 Å². The summed E-state index contributed by atoms with van der Waals surface area (Å²) < 4.78 is 11.4. The first kappa shape index (κ1) is 29.1. The fraction of sp³-hybridized carbons (Fsp3) is 0.188. The Balaban J connectivity index is 1.44. The number of likely N-dealkylation sites (N-methyl/N-ethyl adjacent to an activating group) is 1. The highest BCUT2D eigenvalue weighted by Crippen LogP contribution is 2.33. The van der Waals surface area contributed by atoms with Gasteiger partial charge >= 0.3 is 6.09 Å². The van der Waals surface area contributed by atoms with E-state index in [0.29, 0.717) is 28.6 Å². The molecule has 0 bridgehead atoms. The number of carbonyl (C=O) groups excluding carboxylic acids is 2. The number of methoxy groups -OCH3 is 1. The van der Waals surface area contributed by atoms with Gasteiger partial charge < -0.3 is 29.9 Å². The molecule has 2 heterocycles. The molecule has 1 aliphatic heterocycles. The van der Waals surface area contributed by atoms with Gasteiger partial charge in [0.05, 0.1) is 18.5 Å². The van der Waals surface area contributed by atoms with E-state index in [-0.39, 0.29) is 17.7 Å². The summed E-state index contributed by atoms with van der Waals surface area (Å²) in [5.41, 5.74) is 2.63. The van der Waals surface area contributed by atoms with Crippen LogP contribution in [0, 0.1) is 0 Å². The van der Waals surface area contributed by atoms with E-state index in [1.54, 1.807) is 67.9 Å². The SMILES string of the molecule is C=CC(=O)Nc1cccc(N(C(=O)Oc2ccccc2)c2ccnc(Nc3ccc(N4CCN(C)CC4)cc3OC)n2)c1. The molecule has 43 heavy (non-hydrogen) atoms. The molecule has 0 saturated carbocycles. The maximum absolute atomic E-state index is 13.6. The third-order valence-electron chi connectivity index (χ3n) is 6.86. The number of amides is 2. The number of ether oxygens (including phenoxy) is 2. The van der Waals surface area contributed by atoms with Crippen molar-refractivity contribution in [1.29, 1.82) is 0 Å². The second-order valence-electron chi connectivity index (χ2n) is 9.80. The number of hydrogen-bond donors (Lipinski definition) is 2. The molecule has 220 valence electrons. The standard InChI is InChI=1S/C32H33N7O4/c1-4-30(40)34-23-9-8-10-25(21-23)39(32(41)43-26-11-6-5-7-12-26)29-15-16-33-31(36-29)35-27-14-13-24(22-28(27)42-3)38-19-17-37(2)18-20-38/h4-16,21-22H,1,17-20H2,2-3H3,(H,34,40)(H,33,35,36). The number of carbonyl (C=O) groups is 2. The van der Waals surface area contributed by atoms with Crippen LogP contribution in [-0.2, 0) is 4.79 Å². The summed E-state index contributed by atoms with van der Waals surface area (Å²) in [7, 11) is 3.74. The van der Waals surface area contributed by atoms with Crippen molar-refractivity contribution in [1.82, 2.24) is 14.9 Å². The van der Waals surface area contributed by atoms with Crippen molar-refractivity contribution in [2.24, 2.45) is 0 Å². The molecule has 5 rings (SSSR count). The molecule has 0 atom stereocenters. The summed E-state index contributed by atoms with van der Waals surface area (Å²) in [5, 5.41) is 5.93. The third kappa shape index (κ3) is 7.27. The molecule has 2 N–H and O–H groups in total. The van der Waals surface area contributed by atoms with E-state index in [4.69, 9.17) is 9.47 Å². The lowest BCUT2D eigenvalue weighted by Crippen LogP contribution is -2.44. The van der Waals surface area contributed by atoms with Crippen molar-refractivity contribution in [3.8, 4) is 11.5 Å². The number of hydrogen-bond acceptors (Lipinski definition) is 9. The molecule has 11 nitrogen and oxygen atoms in total. The Bertz CT molecular complexity index is 1590. The Morgan fingerprint density at radius 1 is 0.977 bits per heavy atom. The second kappa shape index (κ2) is 13.5. The predicted molar refractivity (Wildman–Crippen MR) is 168 cm³/mol. The molecule has 0 unspecified atom stereocenters. The Kier molecular flexibility index (Phi) is 9.13. The van der Waals surface area contributed by atoms with Crippen LogP contribution in [0.2, 0.25) is 0 Å². The van der Waals surface area contributed by atoms with Crippen molar-refractivity contribution in [2.75, 3.05) is 60.8 Å². The van der Waals surface area contributed by atoms with Crippen LogP contribution < -0.4 is 29.9 Å². The van der Waals surface area contributed by atoms with Gasteiger partial charge in [-0.1, -0.05) is 30.8 Å². The largest absolute Gasteiger partial charge is 0.494 e. The van der Waals surface area contributed by atoms with Gasteiger partial charge in [0.1, 0.15) is 17.3 Å². The number of nitrogens with zero attached hydrogens (tertiary/aromatic N) is 5. The van der Waals surface area contributed by atoms with E-state index in [2.05, 4.69) is 44.0 Å². The van der Waals surface area contributed by atoms with Gasteiger partial charge in [-0.2, -0.15) is 4.98 Å². The summed E-state index contributed by atoms with van der Waals surface area (Å²) in [4.78, 5) is 40.4. The van der Waals surface area contributed by atoms with Gasteiger partial charge in [0.25, 0.3) is 0 Å². The number of nitrogens with one attached hydrogen (secondary N) is 2. The zero-order valence-electron chi connectivity index (χ0n) is 24.1. The van der Waals surface area contributed by atoms with Crippen molar-refractivity contribution < 1.29 is 19.1 Å². The van der Waals surface area contributed by atoms with Crippen molar-refractivity contribution in [3.05, 3.63) is 97.7 Å². The predicted octanol–water partition coefficient (Wildman–Crippen LogP) is 5.44. The fourth-order valence-electron chi connectivity index (χ4n) is 4.58. The molecule has 3 aromatic carbocycles. The number of piperazine rings is 1. The van der Waals surface area contributed by atoms with E-state index >= 15 is 0 Å². The van der Waals surface area contributed by atoms with Crippen LogP contribution in [-0.4, -0.2) is 67.2 Å². The molecule has 1 aromatic heterocycles. The van der Waals surface area contributed by atoms with Crippen LogP contribution >= 0.6 is 0 Å². The Hall–Kier alpha value is -5.42. The van der Waals surface area contributed by atoms with Gasteiger partial charge in [-0.15, -0.1) is 0 Å². The third-order valence-corrected chi connectivity index (χ3v) is 6.86. The van der Waals surface area contributed by atoms with Crippen molar-refractivity contribution in [3.63, 3.8) is 0 Å². The van der Waals surface area contributed by atoms with Crippen LogP contribution in [0.15, 0.2) is 97.7 Å². The van der Waals surface area contributed by atoms with Gasteiger partial charge in [-0.05, 0) is 55.6 Å². The van der Waals surface area contributed by atoms with Crippen molar-refractivity contribution in [2.45, 2.75) is 0 Å². The first-order valence-electron chi connectivity index (χ1n) is 13.8. The van der Waals surface area contributed by atoms with E-state index in [1.807, 2.05) is 24.3 Å². The number of rotatable bonds is 9. The average molecular weight is 580 g/mol. The number of benzene rings is 3. The van der Waals surface area contributed by atoms with Gasteiger partial charge in [0.2, 0.25) is 11.9 Å². The van der Waals surface area contributed by atoms with Gasteiger partial charge in [-0.25, -0.2) is 14.7 Å². The van der Waals surface area contributed by atoms with Gasteiger partial charge in [0, 0.05) is 55.9 Å². The van der Waals surface area contributed by atoms with Gasteiger partial charge in [-0.3, -0.25) is 4.79 Å². The lowest BCUT2D eigenvalue weighted by atomic mass is 10.2. The second-order valence-corrected chi connectivity index (χ2v) is 9.80. The summed E-state index contributed by atoms with van der Waals surface area (Å²) in [6.07, 6.45) is 2.02. The van der Waals surface area contributed by atoms with E-state index < -0.39 is 6.09 Å². The quantitative estimate of drug-likeness (QED) is 0.250. The Morgan fingerprint density at radius 2 is 1.77 bits per heavy atom. The molecule has 0 radical (unpaired) electrons. The minimum Gasteiger partial charge on any atom is -0.494 e. The average Bonchev–Trinajstić information content (AvgIpc) is 3.02. The van der Waals surface area contributed by atoms with E-state index in [0.717, 1.165) is 31.9 Å². The van der Waals surface area contributed by atoms with Crippen LogP contribution in [0.3, 0.4) is 0 Å². The molecule has 0 aliphatic carbocycles. The highest BCUT2D eigenvalue weighted by atomic mass is 16.6. The first-order chi connectivity index (χ1) is 20.9. The normalized spacial score (nSPS) is 13.1. The van der Waals surface area contributed by atoms with E-state index in [1.165, 1.54) is 11.0 Å². The molecular formula is C32H33N7O4. The zero-order chi connectivity index (χ0) is 30.2. The number of aromatic nitrogens is 2. The summed E-state index contributed by atoms with van der Waals surface area (Å²) in [6, 6.07) is 23.1. The van der Waals surface area contributed by atoms with Crippen LogP contribution in [0.25, 0.3) is 0 Å². The highest BCUT2D eigenvalue weighted by molar-refractivity contribution is 6.01. The topological polar surface area (TPSA) is 112 Å². The number of anilines is 6. The van der Waals surface area contributed by atoms with Crippen LogP contribution in [0.5, 0.6) is 11.5 Å². The Labute approximate surface area is 250 Å². The maximum Gasteiger partial charge on any atom is 0.425 e. The summed E-state index contributed by atoms with van der Waals surface area (Å²) >= 11 is 0. The molecule has 1 aliphatic rings. The summed E-state index contributed by atoms with van der Waals surface area (Å²) in [5.74, 6) is 1.12. The molecule has 11 heteroatoms. The molecule has 2 amide bonds. The fourth-order valence-corrected chi connectivity index (χ4v) is 4.58. The van der Waals surface area contributed by atoms with Gasteiger partial charge in [0.15, 0.2) is 0 Å². The molecule has 1 fully saturated rings. The highest BCUT2D eigenvalue weighted by Gasteiger charge is 2.23. The van der Waals surface area contributed by atoms with Crippen LogP contribution in [0.4, 0.5) is 39.3 Å². The first-order valence-corrected chi connectivity index (χ1v) is 13.8. The Morgan fingerprint density at radius 3 is 2.51 bits per heavy atom. The molecule has 0 spiro atoms. The lowest BCUT2D eigenvalue weighted by molar-refractivity contribution is -0.111. The lowest BCUT2D eigenvalue weighted by Gasteiger charge is -2.34. The monoisotopic (exact) mass is 579 g/mol. The smallest absolute Gasteiger partial charge is 0.425 e. The molecule has 1 saturated heterocycles. The maximum atomic E-state index is 13.6. The minimum absolute atomic E-state index is 0.247. The van der Waals surface area contributed by atoms with Crippen LogP contribution in [0.1, 0.15) is 0 Å². The number of para-hydroxylation sites is 1. The minimum atomic E-state index is -0.697. The van der Waals surface area contributed by atoms with Crippen molar-refractivity contribution >= 4 is 46.5 Å². The molecular weight excluding hydrogens is 546 g/mol. The molecule has 4 aromatic rings.